The Hall–Kier alpha value is -4.15. The van der Waals surface area contributed by atoms with Gasteiger partial charge in [0.1, 0.15) is 11.8 Å². The molecule has 0 radical (unpaired) electrons. The molecule has 0 unspecified atom stereocenters. The van der Waals surface area contributed by atoms with E-state index in [2.05, 4.69) is 15.8 Å². The van der Waals surface area contributed by atoms with Crippen LogP contribution in [0, 0.1) is 10.1 Å². The lowest BCUT2D eigenvalue weighted by atomic mass is 10.1. The summed E-state index contributed by atoms with van der Waals surface area (Å²) < 4.78 is 10.6. The van der Waals surface area contributed by atoms with Gasteiger partial charge in [0, 0.05) is 23.1 Å². The molecule has 10 nitrogen and oxygen atoms in total. The van der Waals surface area contributed by atoms with E-state index < -0.39 is 28.9 Å². The van der Waals surface area contributed by atoms with Gasteiger partial charge in [-0.05, 0) is 42.8 Å². The lowest BCUT2D eigenvalue weighted by Crippen LogP contribution is -2.50. The third kappa shape index (κ3) is 7.92. The van der Waals surface area contributed by atoms with Gasteiger partial charge in [-0.1, -0.05) is 53.5 Å². The van der Waals surface area contributed by atoms with E-state index in [0.29, 0.717) is 10.6 Å². The number of carbonyl (C=O) groups is 2. The van der Waals surface area contributed by atoms with Crippen molar-refractivity contribution < 1.29 is 24.0 Å². The monoisotopic (exact) mass is 558 g/mol. The first kappa shape index (κ1) is 28.4. The predicted octanol–water partition coefficient (Wildman–Crippen LogP) is 4.56. The van der Waals surface area contributed by atoms with Crippen LogP contribution in [0.4, 0.5) is 5.69 Å². The van der Waals surface area contributed by atoms with Gasteiger partial charge in [-0.25, -0.2) is 5.43 Å². The molecule has 38 heavy (non-hydrogen) atoms. The summed E-state index contributed by atoms with van der Waals surface area (Å²) in [6.45, 7) is 1.52. The highest BCUT2D eigenvalue weighted by Gasteiger charge is 2.25. The van der Waals surface area contributed by atoms with Crippen LogP contribution in [-0.4, -0.2) is 42.2 Å². The average Bonchev–Trinajstić information content (AvgIpc) is 2.90. The van der Waals surface area contributed by atoms with Crippen molar-refractivity contribution in [2.24, 2.45) is 5.10 Å². The summed E-state index contributed by atoms with van der Waals surface area (Å²) in [7, 11) is 1.33. The van der Waals surface area contributed by atoms with E-state index >= 15 is 0 Å². The summed E-state index contributed by atoms with van der Waals surface area (Å²) in [5, 5.41) is 18.5. The van der Waals surface area contributed by atoms with Crippen LogP contribution < -0.4 is 20.2 Å². The number of benzene rings is 3. The molecule has 3 rings (SSSR count). The minimum atomic E-state index is -1.00. The first-order valence-corrected chi connectivity index (χ1v) is 12.0. The molecule has 0 bridgehead atoms. The minimum Gasteiger partial charge on any atom is -0.490 e. The Bertz CT molecular complexity index is 1340. The molecule has 0 aliphatic carbocycles. The molecule has 12 heteroatoms. The van der Waals surface area contributed by atoms with E-state index in [1.165, 1.54) is 38.4 Å². The number of hydrazone groups is 1. The second kappa shape index (κ2) is 13.4. The molecule has 0 saturated carbocycles. The zero-order chi connectivity index (χ0) is 27.7. The van der Waals surface area contributed by atoms with Gasteiger partial charge in [0.25, 0.3) is 11.8 Å². The van der Waals surface area contributed by atoms with Crippen molar-refractivity contribution in [2.45, 2.75) is 25.5 Å². The molecule has 0 fully saturated rings. The number of halogens is 2. The third-order valence-electron chi connectivity index (χ3n) is 5.27. The van der Waals surface area contributed by atoms with Crippen LogP contribution in [0.15, 0.2) is 71.8 Å². The highest BCUT2D eigenvalue weighted by atomic mass is 35.5. The van der Waals surface area contributed by atoms with Gasteiger partial charge in [0.05, 0.1) is 23.3 Å². The molecule has 0 heterocycles. The Balaban J connectivity index is 1.71. The van der Waals surface area contributed by atoms with Crippen molar-refractivity contribution in [1.29, 1.82) is 0 Å². The number of hydrogen-bond acceptors (Lipinski definition) is 7. The number of amides is 2. The average molecular weight is 559 g/mol. The summed E-state index contributed by atoms with van der Waals surface area (Å²) >= 11 is 12.0. The van der Waals surface area contributed by atoms with Crippen LogP contribution in [0.5, 0.6) is 11.5 Å². The maximum atomic E-state index is 13.0. The van der Waals surface area contributed by atoms with E-state index in [9.17, 15) is 19.7 Å². The fourth-order valence-corrected chi connectivity index (χ4v) is 3.79. The van der Waals surface area contributed by atoms with Gasteiger partial charge in [-0.3, -0.25) is 19.7 Å². The fraction of sp³-hybridized carbons (Fsp3) is 0.192. The first-order valence-electron chi connectivity index (χ1n) is 11.3. The normalized spacial score (nSPS) is 12.4. The van der Waals surface area contributed by atoms with E-state index in [1.54, 1.807) is 18.2 Å². The van der Waals surface area contributed by atoms with Gasteiger partial charge >= 0.3 is 5.69 Å². The Morgan fingerprint density at radius 2 is 1.76 bits per heavy atom. The predicted molar refractivity (Wildman–Crippen MR) is 144 cm³/mol. The van der Waals surface area contributed by atoms with E-state index in [1.807, 2.05) is 30.3 Å². The number of rotatable bonds is 11. The van der Waals surface area contributed by atoms with Crippen LogP contribution in [0.2, 0.25) is 10.0 Å². The van der Waals surface area contributed by atoms with Crippen LogP contribution >= 0.6 is 23.2 Å². The van der Waals surface area contributed by atoms with Crippen molar-refractivity contribution in [3.63, 3.8) is 0 Å². The van der Waals surface area contributed by atoms with Gasteiger partial charge < -0.3 is 14.8 Å². The molecule has 198 valence electrons. The minimum absolute atomic E-state index is 0.0954. The number of nitrogens with one attached hydrogen (secondary N) is 2. The second-order valence-corrected chi connectivity index (χ2v) is 8.85. The summed E-state index contributed by atoms with van der Waals surface area (Å²) in [5.41, 5.74) is 3.30. The molecule has 2 amide bonds. The molecule has 0 aliphatic heterocycles. The van der Waals surface area contributed by atoms with Crippen molar-refractivity contribution in [2.75, 3.05) is 7.11 Å². The van der Waals surface area contributed by atoms with E-state index in [0.717, 1.165) is 5.56 Å². The molecule has 2 atom stereocenters. The quantitative estimate of drug-likeness (QED) is 0.201. The standard InChI is InChI=1S/C26H24Cl2N4O6/c1-16(38-23-11-9-19(27)14-20(23)28)25(33)30-21(12-17-6-4-3-5-7-17)26(34)31-29-15-18-8-10-24(37-2)22(13-18)32(35)36/h3-11,13-16,21H,12H2,1-2H3,(H,30,33)(H,31,34)/b29-15-/t16-,21+/m1/s1. The Morgan fingerprint density at radius 1 is 1.05 bits per heavy atom. The van der Waals surface area contributed by atoms with E-state index in [-0.39, 0.29) is 28.6 Å². The van der Waals surface area contributed by atoms with E-state index in [4.69, 9.17) is 32.7 Å². The van der Waals surface area contributed by atoms with Crippen molar-refractivity contribution >= 4 is 46.9 Å². The second-order valence-electron chi connectivity index (χ2n) is 8.01. The Kier molecular flexibility index (Phi) is 10.0. The molecule has 2 N–H and O–H groups in total. The topological polar surface area (TPSA) is 132 Å². The third-order valence-corrected chi connectivity index (χ3v) is 5.80. The lowest BCUT2D eigenvalue weighted by Gasteiger charge is -2.21. The number of ether oxygens (including phenoxy) is 2. The highest BCUT2D eigenvalue weighted by molar-refractivity contribution is 6.35. The van der Waals surface area contributed by atoms with Crippen molar-refractivity contribution in [3.8, 4) is 11.5 Å². The molecule has 0 saturated heterocycles. The van der Waals surface area contributed by atoms with Gasteiger partial charge in [0.15, 0.2) is 11.9 Å². The maximum Gasteiger partial charge on any atom is 0.311 e. The van der Waals surface area contributed by atoms with Gasteiger partial charge in [-0.2, -0.15) is 5.10 Å². The zero-order valence-electron chi connectivity index (χ0n) is 20.4. The summed E-state index contributed by atoms with van der Waals surface area (Å²) in [4.78, 5) is 36.5. The molecule has 0 spiro atoms. The highest BCUT2D eigenvalue weighted by Crippen LogP contribution is 2.28. The molecule has 0 aromatic heterocycles. The summed E-state index contributed by atoms with van der Waals surface area (Å²) in [6, 6.07) is 16.9. The zero-order valence-corrected chi connectivity index (χ0v) is 21.9. The Labute approximate surface area is 228 Å². The molecular formula is C26H24Cl2N4O6. The maximum absolute atomic E-state index is 13.0. The van der Waals surface area contributed by atoms with Crippen LogP contribution in [-0.2, 0) is 16.0 Å². The molecule has 0 aliphatic rings. The molecule has 3 aromatic rings. The van der Waals surface area contributed by atoms with Gasteiger partial charge in [-0.15, -0.1) is 0 Å². The Morgan fingerprint density at radius 3 is 2.42 bits per heavy atom. The van der Waals surface area contributed by atoms with Crippen molar-refractivity contribution in [1.82, 2.24) is 10.7 Å². The summed E-state index contributed by atoms with van der Waals surface area (Å²) in [6.07, 6.45) is 0.444. The summed E-state index contributed by atoms with van der Waals surface area (Å²) in [5.74, 6) is -0.793. The SMILES string of the molecule is COc1ccc(/C=N\NC(=O)[C@H](Cc2ccccc2)NC(=O)[C@@H](C)Oc2ccc(Cl)cc2Cl)cc1[N+](=O)[O-]. The van der Waals surface area contributed by atoms with Gasteiger partial charge in [0.2, 0.25) is 0 Å². The van der Waals surface area contributed by atoms with Crippen LogP contribution in [0.1, 0.15) is 18.1 Å². The number of hydrogen-bond donors (Lipinski definition) is 2. The van der Waals surface area contributed by atoms with Crippen LogP contribution in [0.3, 0.4) is 0 Å². The number of nitro groups is 1. The number of methoxy groups -OCH3 is 1. The largest absolute Gasteiger partial charge is 0.490 e. The smallest absolute Gasteiger partial charge is 0.311 e. The number of nitrogens with zero attached hydrogens (tertiary/aromatic N) is 2. The fourth-order valence-electron chi connectivity index (χ4n) is 3.34. The van der Waals surface area contributed by atoms with Crippen LogP contribution in [0.25, 0.3) is 0 Å². The first-order chi connectivity index (χ1) is 18.2. The number of carbonyl (C=O) groups excluding carboxylic acids is 2. The van der Waals surface area contributed by atoms with Crippen molar-refractivity contribution in [3.05, 3.63) is 98.0 Å². The molecular weight excluding hydrogens is 535 g/mol. The number of nitro benzene ring substituents is 1. The molecule has 3 aromatic carbocycles. The lowest BCUT2D eigenvalue weighted by molar-refractivity contribution is -0.385.